The molecule has 0 spiro atoms. The number of amides is 2. The van der Waals surface area contributed by atoms with E-state index in [0.717, 1.165) is 16.9 Å². The number of nitrogens with zero attached hydrogens (tertiary/aromatic N) is 3. The van der Waals surface area contributed by atoms with Crippen LogP contribution in [0.15, 0.2) is 71.2 Å². The van der Waals surface area contributed by atoms with Crippen LogP contribution >= 0.6 is 11.3 Å². The second kappa shape index (κ2) is 14.8. The minimum Gasteiger partial charge on any atom is -0.497 e. The Morgan fingerprint density at radius 2 is 1.93 bits per heavy atom. The lowest BCUT2D eigenvalue weighted by Crippen LogP contribution is -2.53. The van der Waals surface area contributed by atoms with Crippen LogP contribution in [0.25, 0.3) is 0 Å². The average Bonchev–Trinajstić information content (AvgIpc) is 3.66. The molecule has 2 aromatic carbocycles. The van der Waals surface area contributed by atoms with Gasteiger partial charge in [-0.15, -0.1) is 11.3 Å². The monoisotopic (exact) mass is 630 g/mol. The Bertz CT molecular complexity index is 1440. The van der Waals surface area contributed by atoms with Crippen molar-refractivity contribution in [1.29, 1.82) is 0 Å². The molecule has 1 aliphatic rings. The Morgan fingerprint density at radius 3 is 2.56 bits per heavy atom. The zero-order valence-electron chi connectivity index (χ0n) is 24.5. The second-order valence-electron chi connectivity index (χ2n) is 10.6. The molecule has 1 fully saturated rings. The highest BCUT2D eigenvalue weighted by molar-refractivity contribution is 7.89. The fourth-order valence-electron chi connectivity index (χ4n) is 4.69. The average molecular weight is 631 g/mol. The number of nitrogens with one attached hydrogen (secondary N) is 1. The lowest BCUT2D eigenvalue weighted by molar-refractivity contribution is -0.129. The van der Waals surface area contributed by atoms with Crippen LogP contribution in [0.5, 0.6) is 5.75 Å². The number of rotatable bonds is 15. The molecular weight excluding hydrogens is 592 g/mol. The minimum atomic E-state index is -3.99. The molecule has 0 bridgehead atoms. The normalized spacial score (nSPS) is 17.4. The van der Waals surface area contributed by atoms with Crippen molar-refractivity contribution < 1.29 is 32.6 Å². The fourth-order valence-corrected chi connectivity index (χ4v) is 6.88. The van der Waals surface area contributed by atoms with Gasteiger partial charge in [-0.05, 0) is 42.2 Å². The number of ether oxygens (including phenoxy) is 2. The summed E-state index contributed by atoms with van der Waals surface area (Å²) in [4.78, 5) is 32.2. The van der Waals surface area contributed by atoms with Crippen molar-refractivity contribution in [3.8, 4) is 5.75 Å². The SMILES string of the molecule is CC[C@H](C)CN(C[C@@H](O)[C@H](Cc1ccccc1)NC(=O)[C@@H]1CN(Cc2cncs2)C(=O)O1)S(=O)(=O)c1ccc(OC)cc1. The van der Waals surface area contributed by atoms with Crippen molar-refractivity contribution in [2.45, 2.75) is 56.4 Å². The third-order valence-corrected chi connectivity index (χ3v) is 10.0. The highest BCUT2D eigenvalue weighted by Crippen LogP contribution is 2.23. The Morgan fingerprint density at radius 1 is 1.21 bits per heavy atom. The van der Waals surface area contributed by atoms with Crippen molar-refractivity contribution >= 4 is 33.4 Å². The van der Waals surface area contributed by atoms with Crippen molar-refractivity contribution in [1.82, 2.24) is 19.5 Å². The van der Waals surface area contributed by atoms with Crippen LogP contribution in [0.3, 0.4) is 0 Å². The number of thiazole rings is 1. The lowest BCUT2D eigenvalue weighted by Gasteiger charge is -2.31. The first-order valence-electron chi connectivity index (χ1n) is 14.1. The summed E-state index contributed by atoms with van der Waals surface area (Å²) in [5.74, 6) is -0.0206. The number of aliphatic hydroxyl groups is 1. The molecule has 0 radical (unpaired) electrons. The molecule has 0 unspecified atom stereocenters. The molecule has 3 aromatic rings. The highest BCUT2D eigenvalue weighted by atomic mass is 32.2. The number of cyclic esters (lactones) is 1. The van der Waals surface area contributed by atoms with Crippen molar-refractivity contribution in [3.63, 3.8) is 0 Å². The molecule has 2 amide bonds. The Kier molecular flexibility index (Phi) is 11.1. The molecule has 2 N–H and O–H groups in total. The number of aliphatic hydroxyl groups excluding tert-OH is 1. The van der Waals surface area contributed by atoms with E-state index in [0.29, 0.717) is 5.75 Å². The molecule has 4 rings (SSSR count). The Labute approximate surface area is 256 Å². The van der Waals surface area contributed by atoms with Gasteiger partial charge in [0.05, 0.1) is 42.8 Å². The third-order valence-electron chi connectivity index (χ3n) is 7.40. The number of benzene rings is 2. The van der Waals surface area contributed by atoms with Gasteiger partial charge in [0.15, 0.2) is 6.10 Å². The van der Waals surface area contributed by atoms with Crippen LogP contribution in [-0.4, -0.2) is 84.7 Å². The maximum Gasteiger partial charge on any atom is 0.411 e. The number of aromatic nitrogens is 1. The second-order valence-corrected chi connectivity index (χ2v) is 13.5. The maximum atomic E-state index is 13.8. The quantitative estimate of drug-likeness (QED) is 0.261. The predicted molar refractivity (Wildman–Crippen MR) is 162 cm³/mol. The van der Waals surface area contributed by atoms with E-state index < -0.39 is 40.3 Å². The first-order chi connectivity index (χ1) is 20.6. The van der Waals surface area contributed by atoms with E-state index in [4.69, 9.17) is 9.47 Å². The van der Waals surface area contributed by atoms with E-state index in [1.54, 1.807) is 23.8 Å². The number of carbonyl (C=O) groups excluding carboxylic acids is 2. The standard InChI is InChI=1S/C30H38N4O7S2/c1-4-21(2)16-34(43(38,39)25-12-10-23(40-3)11-13-25)18-27(35)26(14-22-8-6-5-7-9-22)32-29(36)28-19-33(30(37)41-28)17-24-15-31-20-42-24/h5-13,15,20-21,26-28,35H,4,14,16-19H2,1-3H3,(H,32,36)/t21-,26-,27+,28-/m0/s1. The first-order valence-corrected chi connectivity index (χ1v) is 16.4. The molecule has 0 aliphatic carbocycles. The van der Waals surface area contributed by atoms with Crippen LogP contribution in [0.1, 0.15) is 30.7 Å². The van der Waals surface area contributed by atoms with Gasteiger partial charge in [0.1, 0.15) is 5.75 Å². The first kappa shape index (κ1) is 32.4. The van der Waals surface area contributed by atoms with Gasteiger partial charge in [0.25, 0.3) is 5.91 Å². The summed E-state index contributed by atoms with van der Waals surface area (Å²) in [6, 6.07) is 14.5. The van der Waals surface area contributed by atoms with Gasteiger partial charge in [-0.25, -0.2) is 13.2 Å². The number of methoxy groups -OCH3 is 1. The highest BCUT2D eigenvalue weighted by Gasteiger charge is 2.38. The van der Waals surface area contributed by atoms with E-state index in [2.05, 4.69) is 10.3 Å². The van der Waals surface area contributed by atoms with Gasteiger partial charge in [-0.3, -0.25) is 14.7 Å². The summed E-state index contributed by atoms with van der Waals surface area (Å²) in [5.41, 5.74) is 2.50. The zero-order chi connectivity index (χ0) is 31.0. The van der Waals surface area contributed by atoms with Crippen LogP contribution < -0.4 is 10.1 Å². The molecule has 0 saturated carbocycles. The van der Waals surface area contributed by atoms with Gasteiger partial charge in [0, 0.05) is 24.2 Å². The Balaban J connectivity index is 1.53. The molecule has 4 atom stereocenters. The summed E-state index contributed by atoms with van der Waals surface area (Å²) in [7, 11) is -2.49. The van der Waals surface area contributed by atoms with Crippen LogP contribution in [0.2, 0.25) is 0 Å². The van der Waals surface area contributed by atoms with E-state index in [-0.39, 0.29) is 43.4 Å². The number of hydrogen-bond acceptors (Lipinski definition) is 9. The molecule has 2 heterocycles. The third kappa shape index (κ3) is 8.53. The number of carbonyl (C=O) groups is 2. The summed E-state index contributed by atoms with van der Waals surface area (Å²) < 4.78 is 39.3. The van der Waals surface area contributed by atoms with Crippen molar-refractivity contribution in [3.05, 3.63) is 76.7 Å². The fraction of sp³-hybridized carbons (Fsp3) is 0.433. The molecule has 1 aromatic heterocycles. The van der Waals surface area contributed by atoms with Crippen LogP contribution in [-0.2, 0) is 32.5 Å². The molecule has 1 saturated heterocycles. The van der Waals surface area contributed by atoms with Gasteiger partial charge in [-0.2, -0.15) is 4.31 Å². The van der Waals surface area contributed by atoms with Crippen LogP contribution in [0, 0.1) is 5.92 Å². The molecule has 43 heavy (non-hydrogen) atoms. The minimum absolute atomic E-state index is 0.0183. The summed E-state index contributed by atoms with van der Waals surface area (Å²) >= 11 is 1.40. The van der Waals surface area contributed by atoms with E-state index in [9.17, 15) is 23.1 Å². The van der Waals surface area contributed by atoms with Gasteiger partial charge in [0.2, 0.25) is 10.0 Å². The van der Waals surface area contributed by atoms with Gasteiger partial charge in [-0.1, -0.05) is 50.6 Å². The molecule has 11 nitrogen and oxygen atoms in total. The van der Waals surface area contributed by atoms with Crippen molar-refractivity contribution in [2.24, 2.45) is 5.92 Å². The summed E-state index contributed by atoms with van der Waals surface area (Å²) in [6.07, 6.45) is -0.336. The van der Waals surface area contributed by atoms with E-state index in [1.807, 2.05) is 44.2 Å². The molecule has 1 aliphatic heterocycles. The van der Waals surface area contributed by atoms with E-state index in [1.165, 1.54) is 39.8 Å². The van der Waals surface area contributed by atoms with Crippen molar-refractivity contribution in [2.75, 3.05) is 26.7 Å². The van der Waals surface area contributed by atoms with Gasteiger partial charge < -0.3 is 19.9 Å². The van der Waals surface area contributed by atoms with Gasteiger partial charge >= 0.3 is 6.09 Å². The number of hydrogen-bond donors (Lipinski definition) is 2. The predicted octanol–water partition coefficient (Wildman–Crippen LogP) is 3.30. The van der Waals surface area contributed by atoms with E-state index >= 15 is 0 Å². The number of sulfonamides is 1. The Hall–Kier alpha value is -3.52. The zero-order valence-corrected chi connectivity index (χ0v) is 26.1. The smallest absolute Gasteiger partial charge is 0.411 e. The maximum absolute atomic E-state index is 13.8. The van der Waals surface area contributed by atoms with Crippen LogP contribution in [0.4, 0.5) is 4.79 Å². The topological polar surface area (TPSA) is 138 Å². The summed E-state index contributed by atoms with van der Waals surface area (Å²) in [5, 5.41) is 14.4. The summed E-state index contributed by atoms with van der Waals surface area (Å²) in [6.45, 7) is 4.16. The molecule has 13 heteroatoms. The molecule has 232 valence electrons. The lowest BCUT2D eigenvalue weighted by atomic mass is 10.0. The largest absolute Gasteiger partial charge is 0.497 e. The molecular formula is C30H38N4O7S2.